The first-order valence-corrected chi connectivity index (χ1v) is 9.21. The summed E-state index contributed by atoms with van der Waals surface area (Å²) < 4.78 is 43.1. The standard InChI is InChI=1S/C19H27F3N2O2/c1-2-16-8-3-4-11-24(16)12-6-10-23-18(25)14-26-17-9-5-7-15(13-17)19(20,21)22/h5,7,9,13,16H,2-4,6,8,10-12,14H2,1H3,(H,23,25)/t16-/m1/s1. The van der Waals surface area contributed by atoms with Crippen molar-refractivity contribution in [2.45, 2.75) is 51.2 Å². The summed E-state index contributed by atoms with van der Waals surface area (Å²) in [5.74, 6) is -0.290. The van der Waals surface area contributed by atoms with Crippen LogP contribution in [0.5, 0.6) is 5.75 Å². The second-order valence-electron chi connectivity index (χ2n) is 6.61. The normalized spacial score (nSPS) is 18.5. The Morgan fingerprint density at radius 2 is 2.15 bits per heavy atom. The van der Waals surface area contributed by atoms with Crippen LogP contribution < -0.4 is 10.1 Å². The van der Waals surface area contributed by atoms with Crippen molar-refractivity contribution >= 4 is 5.91 Å². The van der Waals surface area contributed by atoms with Gasteiger partial charge in [-0.25, -0.2) is 0 Å². The first-order chi connectivity index (χ1) is 12.4. The first-order valence-electron chi connectivity index (χ1n) is 9.21. The molecule has 1 amide bonds. The minimum absolute atomic E-state index is 0.0362. The maximum absolute atomic E-state index is 12.6. The van der Waals surface area contributed by atoms with Crippen LogP contribution in [-0.4, -0.2) is 43.1 Å². The highest BCUT2D eigenvalue weighted by atomic mass is 19.4. The van der Waals surface area contributed by atoms with Gasteiger partial charge in [-0.2, -0.15) is 13.2 Å². The second kappa shape index (κ2) is 9.80. The highest BCUT2D eigenvalue weighted by Gasteiger charge is 2.30. The third-order valence-electron chi connectivity index (χ3n) is 4.70. The number of rotatable bonds is 8. The molecular weight excluding hydrogens is 345 g/mol. The molecule has 1 aromatic rings. The Bertz CT molecular complexity index is 578. The number of halogens is 3. The molecule has 146 valence electrons. The van der Waals surface area contributed by atoms with E-state index in [9.17, 15) is 18.0 Å². The fraction of sp³-hybridized carbons (Fsp3) is 0.632. The van der Waals surface area contributed by atoms with Gasteiger partial charge in [0.25, 0.3) is 5.91 Å². The third kappa shape index (κ3) is 6.52. The van der Waals surface area contributed by atoms with Crippen LogP contribution in [0.4, 0.5) is 13.2 Å². The summed E-state index contributed by atoms with van der Waals surface area (Å²) >= 11 is 0. The highest BCUT2D eigenvalue weighted by Crippen LogP contribution is 2.31. The van der Waals surface area contributed by atoms with Gasteiger partial charge in [0.1, 0.15) is 5.75 Å². The molecule has 1 aliphatic rings. The number of carbonyl (C=O) groups is 1. The Morgan fingerprint density at radius 1 is 1.35 bits per heavy atom. The van der Waals surface area contributed by atoms with Crippen LogP contribution in [0.25, 0.3) is 0 Å². The number of carbonyl (C=O) groups excluding carboxylic acids is 1. The van der Waals surface area contributed by atoms with E-state index in [0.717, 1.165) is 38.1 Å². The largest absolute Gasteiger partial charge is 0.484 e. The zero-order valence-electron chi connectivity index (χ0n) is 15.1. The number of amides is 1. The summed E-state index contributed by atoms with van der Waals surface area (Å²) in [6, 6.07) is 5.18. The molecule has 1 aliphatic heterocycles. The van der Waals surface area contributed by atoms with Gasteiger partial charge in [-0.05, 0) is 50.4 Å². The van der Waals surface area contributed by atoms with Gasteiger partial charge in [-0.15, -0.1) is 0 Å². The van der Waals surface area contributed by atoms with Gasteiger partial charge in [0.05, 0.1) is 5.56 Å². The molecule has 2 rings (SSSR count). The average molecular weight is 372 g/mol. The minimum Gasteiger partial charge on any atom is -0.484 e. The van der Waals surface area contributed by atoms with Crippen molar-refractivity contribution < 1.29 is 22.7 Å². The zero-order valence-corrected chi connectivity index (χ0v) is 15.1. The Hall–Kier alpha value is -1.76. The van der Waals surface area contributed by atoms with Crippen LogP contribution in [0.3, 0.4) is 0 Å². The molecule has 7 heteroatoms. The molecule has 4 nitrogen and oxygen atoms in total. The van der Waals surface area contributed by atoms with E-state index in [0.29, 0.717) is 12.6 Å². The van der Waals surface area contributed by atoms with Crippen LogP contribution in [0, 0.1) is 0 Å². The lowest BCUT2D eigenvalue weighted by molar-refractivity contribution is -0.137. The number of hydrogen-bond acceptors (Lipinski definition) is 3. The van der Waals surface area contributed by atoms with E-state index in [4.69, 9.17) is 4.74 Å². The molecular formula is C19H27F3N2O2. The summed E-state index contributed by atoms with van der Waals surface area (Å²) in [6.07, 6.45) is 1.34. The highest BCUT2D eigenvalue weighted by molar-refractivity contribution is 5.77. The molecule has 1 N–H and O–H groups in total. The molecule has 1 aromatic carbocycles. The summed E-state index contributed by atoms with van der Waals surface area (Å²) in [6.45, 7) is 4.52. The predicted octanol–water partition coefficient (Wildman–Crippen LogP) is 3.86. The van der Waals surface area contributed by atoms with Crippen molar-refractivity contribution in [1.82, 2.24) is 10.2 Å². The molecule has 0 aromatic heterocycles. The number of alkyl halides is 3. The van der Waals surface area contributed by atoms with Crippen LogP contribution in [0.2, 0.25) is 0 Å². The van der Waals surface area contributed by atoms with Crippen LogP contribution in [0.1, 0.15) is 44.6 Å². The maximum Gasteiger partial charge on any atom is 0.416 e. The summed E-state index contributed by atoms with van der Waals surface area (Å²) in [7, 11) is 0. The Balaban J connectivity index is 1.66. The van der Waals surface area contributed by atoms with Gasteiger partial charge >= 0.3 is 6.18 Å². The van der Waals surface area contributed by atoms with Gasteiger partial charge in [-0.1, -0.05) is 19.4 Å². The van der Waals surface area contributed by atoms with Gasteiger partial charge in [0.2, 0.25) is 0 Å². The van der Waals surface area contributed by atoms with Gasteiger partial charge in [-0.3, -0.25) is 4.79 Å². The van der Waals surface area contributed by atoms with Gasteiger partial charge in [0.15, 0.2) is 6.61 Å². The predicted molar refractivity (Wildman–Crippen MR) is 94.1 cm³/mol. The number of benzene rings is 1. The second-order valence-corrected chi connectivity index (χ2v) is 6.61. The Morgan fingerprint density at radius 3 is 2.88 bits per heavy atom. The molecule has 0 spiro atoms. The van der Waals surface area contributed by atoms with E-state index in [2.05, 4.69) is 17.1 Å². The SMILES string of the molecule is CC[C@@H]1CCCCN1CCCNC(=O)COc1cccc(C(F)(F)F)c1. The third-order valence-corrected chi connectivity index (χ3v) is 4.70. The Kier molecular flexibility index (Phi) is 7.75. The van der Waals surface area contributed by atoms with Crippen molar-refractivity contribution in [2.24, 2.45) is 0 Å². The smallest absolute Gasteiger partial charge is 0.416 e. The summed E-state index contributed by atoms with van der Waals surface area (Å²) in [5.41, 5.74) is -0.789. The molecule has 1 atom stereocenters. The monoisotopic (exact) mass is 372 g/mol. The summed E-state index contributed by atoms with van der Waals surface area (Å²) in [4.78, 5) is 14.3. The number of piperidine rings is 1. The lowest BCUT2D eigenvalue weighted by Gasteiger charge is -2.35. The fourth-order valence-corrected chi connectivity index (χ4v) is 3.29. The molecule has 26 heavy (non-hydrogen) atoms. The molecule has 1 heterocycles. The molecule has 1 fully saturated rings. The molecule has 0 bridgehead atoms. The van der Waals surface area contributed by atoms with Crippen molar-refractivity contribution in [3.8, 4) is 5.75 Å². The lowest BCUT2D eigenvalue weighted by atomic mass is 10.00. The average Bonchev–Trinajstić information content (AvgIpc) is 2.63. The number of nitrogens with one attached hydrogen (secondary N) is 1. The van der Waals surface area contributed by atoms with Crippen LogP contribution in [0.15, 0.2) is 24.3 Å². The van der Waals surface area contributed by atoms with E-state index in [1.165, 1.54) is 31.4 Å². The van der Waals surface area contributed by atoms with Crippen LogP contribution >= 0.6 is 0 Å². The number of nitrogens with zero attached hydrogens (tertiary/aromatic N) is 1. The Labute approximate surface area is 152 Å². The number of hydrogen-bond donors (Lipinski definition) is 1. The molecule has 0 unspecified atom stereocenters. The van der Waals surface area contributed by atoms with Crippen molar-refractivity contribution in [3.63, 3.8) is 0 Å². The molecule has 0 radical (unpaired) electrons. The maximum atomic E-state index is 12.6. The topological polar surface area (TPSA) is 41.6 Å². The van der Waals surface area contributed by atoms with E-state index < -0.39 is 11.7 Å². The van der Waals surface area contributed by atoms with Crippen molar-refractivity contribution in [1.29, 1.82) is 0 Å². The summed E-state index contributed by atoms with van der Waals surface area (Å²) in [5, 5.41) is 2.76. The quantitative estimate of drug-likeness (QED) is 0.705. The molecule has 0 saturated carbocycles. The van der Waals surface area contributed by atoms with Gasteiger partial charge < -0.3 is 15.0 Å². The number of likely N-dealkylation sites (tertiary alicyclic amines) is 1. The fourth-order valence-electron chi connectivity index (χ4n) is 3.29. The minimum atomic E-state index is -4.42. The van der Waals surface area contributed by atoms with Crippen LogP contribution in [-0.2, 0) is 11.0 Å². The van der Waals surface area contributed by atoms with E-state index in [1.807, 2.05) is 0 Å². The lowest BCUT2D eigenvalue weighted by Crippen LogP contribution is -2.41. The zero-order chi connectivity index (χ0) is 19.0. The van der Waals surface area contributed by atoms with Crippen molar-refractivity contribution in [2.75, 3.05) is 26.2 Å². The first kappa shape index (κ1) is 20.6. The molecule has 0 aliphatic carbocycles. The van der Waals surface area contributed by atoms with Gasteiger partial charge in [0, 0.05) is 19.1 Å². The van der Waals surface area contributed by atoms with Crippen molar-refractivity contribution in [3.05, 3.63) is 29.8 Å². The molecule has 1 saturated heterocycles. The van der Waals surface area contributed by atoms with E-state index in [-0.39, 0.29) is 18.3 Å². The van der Waals surface area contributed by atoms with E-state index >= 15 is 0 Å². The van der Waals surface area contributed by atoms with E-state index in [1.54, 1.807) is 0 Å². The number of ether oxygens (including phenoxy) is 1.